The highest BCUT2D eigenvalue weighted by atomic mass is 35.5. The van der Waals surface area contributed by atoms with Crippen LogP contribution in [-0.4, -0.2) is 20.4 Å². The number of H-pyrrole nitrogens is 1. The van der Waals surface area contributed by atoms with Crippen molar-refractivity contribution in [2.45, 2.75) is 13.8 Å². The summed E-state index contributed by atoms with van der Waals surface area (Å²) in [7, 11) is 0. The molecule has 7 heteroatoms. The molecule has 2 heterocycles. The molecule has 0 unspecified atom stereocenters. The van der Waals surface area contributed by atoms with Gasteiger partial charge in [-0.25, -0.2) is 9.36 Å². The van der Waals surface area contributed by atoms with Crippen LogP contribution in [0.2, 0.25) is 5.02 Å². The zero-order chi connectivity index (χ0) is 20.0. The highest BCUT2D eigenvalue weighted by molar-refractivity contribution is 6.31. The van der Waals surface area contributed by atoms with E-state index in [0.717, 1.165) is 32.7 Å². The van der Waals surface area contributed by atoms with Crippen molar-refractivity contribution in [1.82, 2.24) is 9.55 Å². The smallest absolute Gasteiger partial charge is 0.335 e. The average molecular weight is 394 g/mol. The van der Waals surface area contributed by atoms with Crippen LogP contribution in [0.3, 0.4) is 0 Å². The Morgan fingerprint density at radius 2 is 1.82 bits per heavy atom. The van der Waals surface area contributed by atoms with Gasteiger partial charge in [-0.2, -0.15) is 0 Å². The molecule has 0 fully saturated rings. The van der Waals surface area contributed by atoms with Crippen molar-refractivity contribution in [1.29, 1.82) is 0 Å². The summed E-state index contributed by atoms with van der Waals surface area (Å²) in [5, 5.41) is 11.2. The fourth-order valence-electron chi connectivity index (χ4n) is 3.22. The number of aromatic amines is 1. The van der Waals surface area contributed by atoms with Crippen molar-refractivity contribution in [3.05, 3.63) is 85.0 Å². The van der Waals surface area contributed by atoms with Crippen LogP contribution in [0.25, 0.3) is 17.3 Å². The zero-order valence-electron chi connectivity index (χ0n) is 15.2. The molecule has 0 atom stereocenters. The van der Waals surface area contributed by atoms with E-state index in [-0.39, 0.29) is 5.56 Å². The van der Waals surface area contributed by atoms with Crippen molar-refractivity contribution in [2.24, 2.45) is 4.99 Å². The second-order valence-corrected chi connectivity index (χ2v) is 7.02. The number of aliphatic imine (C=N–C) groups is 1. The molecule has 0 saturated heterocycles. The summed E-state index contributed by atoms with van der Waals surface area (Å²) in [6.45, 7) is 3.80. The molecule has 4 rings (SSSR count). The van der Waals surface area contributed by atoms with Gasteiger partial charge in [-0.15, -0.1) is 0 Å². The van der Waals surface area contributed by atoms with Crippen LogP contribution in [0, 0.1) is 6.92 Å². The van der Waals surface area contributed by atoms with Crippen LogP contribution in [0.4, 0.5) is 5.69 Å². The molecule has 1 aromatic heterocycles. The van der Waals surface area contributed by atoms with E-state index in [2.05, 4.69) is 9.98 Å². The Bertz CT molecular complexity index is 1280. The monoisotopic (exact) mass is 393 g/mol. The van der Waals surface area contributed by atoms with E-state index >= 15 is 0 Å². The molecule has 3 aromatic rings. The topological polar surface area (TPSA) is 87.4 Å². The van der Waals surface area contributed by atoms with Gasteiger partial charge in [0.05, 0.1) is 11.4 Å². The van der Waals surface area contributed by atoms with Gasteiger partial charge in [0.2, 0.25) is 5.88 Å². The molecule has 2 N–H and O–H groups in total. The van der Waals surface area contributed by atoms with Crippen molar-refractivity contribution in [2.75, 3.05) is 0 Å². The number of allylic oxidation sites excluding steroid dienone is 1. The first-order valence-electron chi connectivity index (χ1n) is 8.58. The third kappa shape index (κ3) is 2.97. The molecule has 6 nitrogen and oxygen atoms in total. The molecule has 2 aromatic carbocycles. The Balaban J connectivity index is 1.94. The summed E-state index contributed by atoms with van der Waals surface area (Å²) >= 11 is 5.89. The molecule has 0 bridgehead atoms. The normalized spacial score (nSPS) is 14.2. The lowest BCUT2D eigenvalue weighted by Crippen LogP contribution is -2.30. The Kier molecular flexibility index (Phi) is 4.28. The summed E-state index contributed by atoms with van der Waals surface area (Å²) in [5.74, 6) is -0.447. The number of hydrogen-bond donors (Lipinski definition) is 2. The van der Waals surface area contributed by atoms with Crippen LogP contribution in [-0.2, 0) is 0 Å². The van der Waals surface area contributed by atoms with E-state index in [1.165, 1.54) is 0 Å². The number of halogens is 1. The number of aromatic hydroxyl groups is 1. The van der Waals surface area contributed by atoms with Crippen molar-refractivity contribution in [3.63, 3.8) is 0 Å². The van der Waals surface area contributed by atoms with E-state index in [4.69, 9.17) is 11.6 Å². The SMILES string of the molecule is CC1=Nc2ccc(C)cc2C1=Cc1c(O)n(-c2ccc(Cl)cc2)c(=O)[nH]c1=O. The minimum atomic E-state index is -0.736. The lowest BCUT2D eigenvalue weighted by Gasteiger charge is -2.11. The molecule has 0 amide bonds. The van der Waals surface area contributed by atoms with Gasteiger partial charge in [0.25, 0.3) is 5.56 Å². The molecule has 0 saturated carbocycles. The lowest BCUT2D eigenvalue weighted by atomic mass is 9.99. The van der Waals surface area contributed by atoms with Gasteiger partial charge in [-0.1, -0.05) is 23.2 Å². The molecule has 28 heavy (non-hydrogen) atoms. The first-order valence-corrected chi connectivity index (χ1v) is 8.95. The van der Waals surface area contributed by atoms with Crippen LogP contribution in [0.15, 0.2) is 57.0 Å². The van der Waals surface area contributed by atoms with E-state index in [1.54, 1.807) is 30.3 Å². The molecular weight excluding hydrogens is 378 g/mol. The van der Waals surface area contributed by atoms with Gasteiger partial charge >= 0.3 is 5.69 Å². The summed E-state index contributed by atoms with van der Waals surface area (Å²) < 4.78 is 1.03. The predicted octanol–water partition coefficient (Wildman–Crippen LogP) is 3.84. The number of aromatic nitrogens is 2. The van der Waals surface area contributed by atoms with Gasteiger partial charge in [0, 0.05) is 21.9 Å². The van der Waals surface area contributed by atoms with Gasteiger partial charge in [0.15, 0.2) is 0 Å². The third-order valence-electron chi connectivity index (χ3n) is 4.61. The largest absolute Gasteiger partial charge is 0.494 e. The second-order valence-electron chi connectivity index (χ2n) is 6.58. The molecule has 0 spiro atoms. The van der Waals surface area contributed by atoms with Gasteiger partial charge < -0.3 is 5.11 Å². The fraction of sp³-hybridized carbons (Fsp3) is 0.0952. The van der Waals surface area contributed by atoms with Crippen LogP contribution in [0.1, 0.15) is 23.6 Å². The Hall–Kier alpha value is -3.38. The van der Waals surface area contributed by atoms with E-state index in [9.17, 15) is 14.7 Å². The quantitative estimate of drug-likeness (QED) is 0.693. The van der Waals surface area contributed by atoms with E-state index in [1.807, 2.05) is 32.0 Å². The van der Waals surface area contributed by atoms with Crippen molar-refractivity contribution < 1.29 is 5.11 Å². The van der Waals surface area contributed by atoms with Crippen LogP contribution >= 0.6 is 11.6 Å². The number of rotatable bonds is 2. The van der Waals surface area contributed by atoms with Crippen molar-refractivity contribution >= 4 is 34.6 Å². The van der Waals surface area contributed by atoms with Gasteiger partial charge in [-0.05, 0) is 56.3 Å². The van der Waals surface area contributed by atoms with Crippen LogP contribution < -0.4 is 11.2 Å². The maximum Gasteiger partial charge on any atom is 0.335 e. The predicted molar refractivity (Wildman–Crippen MR) is 111 cm³/mol. The molecule has 140 valence electrons. The minimum Gasteiger partial charge on any atom is -0.494 e. The molecule has 1 aliphatic heterocycles. The minimum absolute atomic E-state index is 0.0199. The van der Waals surface area contributed by atoms with Crippen LogP contribution in [0.5, 0.6) is 5.88 Å². The first-order chi connectivity index (χ1) is 13.3. The third-order valence-corrected chi connectivity index (χ3v) is 4.87. The number of nitrogens with zero attached hydrogens (tertiary/aromatic N) is 2. The maximum atomic E-state index is 12.4. The molecule has 0 radical (unpaired) electrons. The number of hydrogen-bond acceptors (Lipinski definition) is 4. The second kappa shape index (κ2) is 6.65. The summed E-state index contributed by atoms with van der Waals surface area (Å²) in [6, 6.07) is 12.2. The first kappa shape index (κ1) is 18.0. The summed E-state index contributed by atoms with van der Waals surface area (Å²) in [5.41, 5.74) is 3.14. The lowest BCUT2D eigenvalue weighted by molar-refractivity contribution is 0.429. The number of benzene rings is 2. The van der Waals surface area contributed by atoms with Gasteiger partial charge in [0.1, 0.15) is 5.56 Å². The van der Waals surface area contributed by atoms with Gasteiger partial charge in [-0.3, -0.25) is 14.8 Å². The average Bonchev–Trinajstić information content (AvgIpc) is 2.94. The Morgan fingerprint density at radius 1 is 1.11 bits per heavy atom. The van der Waals surface area contributed by atoms with E-state index < -0.39 is 17.1 Å². The highest BCUT2D eigenvalue weighted by Crippen LogP contribution is 2.37. The number of nitrogens with one attached hydrogen (secondary N) is 1. The molecular formula is C21H16ClN3O3. The fourth-order valence-corrected chi connectivity index (χ4v) is 3.35. The Labute approximate surface area is 165 Å². The number of fused-ring (bicyclic) bond motifs is 1. The van der Waals surface area contributed by atoms with Crippen molar-refractivity contribution in [3.8, 4) is 11.6 Å². The molecule has 0 aliphatic carbocycles. The maximum absolute atomic E-state index is 12.4. The highest BCUT2D eigenvalue weighted by Gasteiger charge is 2.21. The number of aryl methyl sites for hydroxylation is 1. The summed E-state index contributed by atoms with van der Waals surface area (Å²) in [6.07, 6.45) is 1.56. The Morgan fingerprint density at radius 3 is 2.54 bits per heavy atom. The standard InChI is InChI=1S/C21H16ClN3O3/c1-11-3-8-18-16(9-11)15(12(2)23-18)10-17-19(26)24-21(28)25(20(17)27)14-6-4-13(22)5-7-14/h3-10,27H,1-2H3,(H,24,26,28). The van der Waals surface area contributed by atoms with E-state index in [0.29, 0.717) is 10.7 Å². The zero-order valence-corrected chi connectivity index (χ0v) is 15.9. The summed E-state index contributed by atoms with van der Waals surface area (Å²) in [4.78, 5) is 31.5. The molecule has 1 aliphatic rings.